The molecule has 2 atom stereocenters. The van der Waals surface area contributed by atoms with Crippen molar-refractivity contribution in [3.05, 3.63) is 29.8 Å². The molecular formula is C14H15NO2. The number of aliphatic hydroxyl groups excluding tert-OH is 1. The van der Waals surface area contributed by atoms with Gasteiger partial charge in [0.05, 0.1) is 0 Å². The predicted octanol–water partition coefficient (Wildman–Crippen LogP) is 1.62. The first-order valence-corrected chi connectivity index (χ1v) is 5.71. The highest BCUT2D eigenvalue weighted by Gasteiger charge is 2.38. The molecule has 0 radical (unpaired) electrons. The van der Waals surface area contributed by atoms with Crippen molar-refractivity contribution in [2.75, 3.05) is 11.9 Å². The Bertz CT molecular complexity index is 467. The first-order chi connectivity index (χ1) is 8.20. The molecule has 0 heterocycles. The van der Waals surface area contributed by atoms with E-state index < -0.39 is 0 Å². The Hall–Kier alpha value is -1.79. The summed E-state index contributed by atoms with van der Waals surface area (Å²) in [6.45, 7) is 1.94. The molecule has 17 heavy (non-hydrogen) atoms. The van der Waals surface area contributed by atoms with Crippen LogP contribution in [-0.2, 0) is 4.79 Å². The van der Waals surface area contributed by atoms with Crippen LogP contribution in [0.5, 0.6) is 0 Å². The van der Waals surface area contributed by atoms with Crippen LogP contribution in [0.4, 0.5) is 5.69 Å². The summed E-state index contributed by atoms with van der Waals surface area (Å²) in [5, 5.41) is 11.4. The highest BCUT2D eigenvalue weighted by Crippen LogP contribution is 2.38. The number of hydrogen-bond donors (Lipinski definition) is 2. The van der Waals surface area contributed by atoms with Crippen LogP contribution < -0.4 is 5.32 Å². The zero-order valence-corrected chi connectivity index (χ0v) is 9.73. The van der Waals surface area contributed by atoms with Crippen LogP contribution in [-0.4, -0.2) is 17.6 Å². The van der Waals surface area contributed by atoms with Crippen molar-refractivity contribution in [1.29, 1.82) is 0 Å². The van der Waals surface area contributed by atoms with Crippen LogP contribution in [0.15, 0.2) is 24.3 Å². The van der Waals surface area contributed by atoms with E-state index in [9.17, 15) is 4.79 Å². The number of anilines is 1. The van der Waals surface area contributed by atoms with Crippen LogP contribution >= 0.6 is 0 Å². The van der Waals surface area contributed by atoms with Gasteiger partial charge < -0.3 is 10.4 Å². The van der Waals surface area contributed by atoms with Crippen LogP contribution in [0.1, 0.15) is 18.9 Å². The monoisotopic (exact) mass is 229 g/mol. The molecule has 88 valence electrons. The maximum absolute atomic E-state index is 11.7. The molecule has 2 rings (SSSR count). The first-order valence-electron chi connectivity index (χ1n) is 5.71. The van der Waals surface area contributed by atoms with Gasteiger partial charge in [0.15, 0.2) is 0 Å². The second-order valence-corrected chi connectivity index (χ2v) is 4.35. The van der Waals surface area contributed by atoms with E-state index in [1.54, 1.807) is 0 Å². The van der Waals surface area contributed by atoms with Gasteiger partial charge >= 0.3 is 0 Å². The first kappa shape index (κ1) is 11.7. The van der Waals surface area contributed by atoms with Gasteiger partial charge in [0.2, 0.25) is 5.91 Å². The van der Waals surface area contributed by atoms with E-state index in [4.69, 9.17) is 5.11 Å². The van der Waals surface area contributed by atoms with Crippen LogP contribution in [0.2, 0.25) is 0 Å². The van der Waals surface area contributed by atoms with E-state index in [2.05, 4.69) is 24.1 Å². The molecule has 0 spiro atoms. The van der Waals surface area contributed by atoms with Crippen molar-refractivity contribution in [1.82, 2.24) is 0 Å². The number of nitrogens with one attached hydrogen (secondary N) is 1. The third kappa shape index (κ3) is 3.08. The average molecular weight is 229 g/mol. The van der Waals surface area contributed by atoms with Crippen LogP contribution in [0.3, 0.4) is 0 Å². The molecule has 1 aromatic rings. The molecule has 0 bridgehead atoms. The summed E-state index contributed by atoms with van der Waals surface area (Å²) in [7, 11) is 0. The minimum Gasteiger partial charge on any atom is -0.384 e. The molecule has 0 aliphatic heterocycles. The summed E-state index contributed by atoms with van der Waals surface area (Å²) >= 11 is 0. The number of carbonyl (C=O) groups is 1. The quantitative estimate of drug-likeness (QED) is 0.757. The SMILES string of the molecule is CC1CC1C(=O)Nc1ccc(C#CCO)cc1. The molecule has 1 aliphatic rings. The number of benzene rings is 1. The molecule has 1 amide bonds. The number of hydrogen-bond acceptors (Lipinski definition) is 2. The van der Waals surface area contributed by atoms with Gasteiger partial charge in [-0.1, -0.05) is 18.8 Å². The Morgan fingerprint density at radius 3 is 2.65 bits per heavy atom. The van der Waals surface area contributed by atoms with E-state index in [1.807, 2.05) is 24.3 Å². The summed E-state index contributed by atoms with van der Waals surface area (Å²) in [6, 6.07) is 7.31. The van der Waals surface area contributed by atoms with Gasteiger partial charge in [0.1, 0.15) is 6.61 Å². The molecule has 3 heteroatoms. The predicted molar refractivity (Wildman–Crippen MR) is 66.3 cm³/mol. The van der Waals surface area contributed by atoms with Crippen molar-refractivity contribution in [2.45, 2.75) is 13.3 Å². The van der Waals surface area contributed by atoms with Gasteiger partial charge in [0.25, 0.3) is 0 Å². The third-order valence-electron chi connectivity index (χ3n) is 2.91. The largest absolute Gasteiger partial charge is 0.384 e. The molecule has 1 saturated carbocycles. The number of amides is 1. The zero-order chi connectivity index (χ0) is 12.3. The van der Waals surface area contributed by atoms with E-state index in [0.717, 1.165) is 17.7 Å². The van der Waals surface area contributed by atoms with Gasteiger partial charge in [-0.05, 0) is 36.6 Å². The fraction of sp³-hybridized carbons (Fsp3) is 0.357. The van der Waals surface area contributed by atoms with Crippen molar-refractivity contribution >= 4 is 11.6 Å². The van der Waals surface area contributed by atoms with Crippen molar-refractivity contribution < 1.29 is 9.90 Å². The van der Waals surface area contributed by atoms with Gasteiger partial charge in [-0.25, -0.2) is 0 Å². The molecular weight excluding hydrogens is 214 g/mol. The lowest BCUT2D eigenvalue weighted by Gasteiger charge is -2.04. The Morgan fingerprint density at radius 2 is 2.12 bits per heavy atom. The van der Waals surface area contributed by atoms with Gasteiger partial charge in [-0.15, -0.1) is 0 Å². The Balaban J connectivity index is 1.96. The maximum Gasteiger partial charge on any atom is 0.227 e. The minimum atomic E-state index is -0.141. The summed E-state index contributed by atoms with van der Waals surface area (Å²) < 4.78 is 0. The molecule has 3 nitrogen and oxygen atoms in total. The van der Waals surface area contributed by atoms with Crippen LogP contribution in [0, 0.1) is 23.7 Å². The maximum atomic E-state index is 11.7. The standard InChI is InChI=1S/C14H15NO2/c1-10-9-13(10)14(17)15-12-6-4-11(5-7-12)3-2-8-16/h4-7,10,13,16H,8-9H2,1H3,(H,15,17). The smallest absolute Gasteiger partial charge is 0.227 e. The van der Waals surface area contributed by atoms with E-state index in [-0.39, 0.29) is 18.4 Å². The Labute approximate surface area is 101 Å². The summed E-state index contributed by atoms with van der Waals surface area (Å²) in [5.74, 6) is 6.19. The van der Waals surface area contributed by atoms with Gasteiger partial charge in [-0.3, -0.25) is 4.79 Å². The average Bonchev–Trinajstić information content (AvgIpc) is 3.06. The molecule has 1 aliphatic carbocycles. The van der Waals surface area contributed by atoms with Gasteiger partial charge in [-0.2, -0.15) is 0 Å². The molecule has 1 fully saturated rings. The Kier molecular flexibility index (Phi) is 3.46. The zero-order valence-electron chi connectivity index (χ0n) is 9.73. The van der Waals surface area contributed by atoms with Crippen molar-refractivity contribution in [3.8, 4) is 11.8 Å². The highest BCUT2D eigenvalue weighted by molar-refractivity contribution is 5.94. The lowest BCUT2D eigenvalue weighted by Crippen LogP contribution is -2.14. The fourth-order valence-electron chi connectivity index (χ4n) is 1.70. The molecule has 0 saturated heterocycles. The van der Waals surface area contributed by atoms with E-state index in [1.165, 1.54) is 0 Å². The number of aliphatic hydroxyl groups is 1. The second kappa shape index (κ2) is 5.03. The number of rotatable bonds is 2. The molecule has 2 unspecified atom stereocenters. The number of carbonyl (C=O) groups excluding carboxylic acids is 1. The topological polar surface area (TPSA) is 49.3 Å². The minimum absolute atomic E-state index is 0.103. The van der Waals surface area contributed by atoms with Crippen molar-refractivity contribution in [3.63, 3.8) is 0 Å². The van der Waals surface area contributed by atoms with Crippen molar-refractivity contribution in [2.24, 2.45) is 11.8 Å². The third-order valence-corrected chi connectivity index (χ3v) is 2.91. The molecule has 0 aromatic heterocycles. The normalized spacial score (nSPS) is 21.3. The summed E-state index contributed by atoms with van der Waals surface area (Å²) in [4.78, 5) is 11.7. The van der Waals surface area contributed by atoms with E-state index >= 15 is 0 Å². The second-order valence-electron chi connectivity index (χ2n) is 4.35. The summed E-state index contributed by atoms with van der Waals surface area (Å²) in [6.07, 6.45) is 0.992. The highest BCUT2D eigenvalue weighted by atomic mass is 16.2. The van der Waals surface area contributed by atoms with Gasteiger partial charge in [0, 0.05) is 17.2 Å². The fourth-order valence-corrected chi connectivity index (χ4v) is 1.70. The lowest BCUT2D eigenvalue weighted by molar-refractivity contribution is -0.117. The van der Waals surface area contributed by atoms with E-state index in [0.29, 0.717) is 5.92 Å². The molecule has 2 N–H and O–H groups in total. The summed E-state index contributed by atoms with van der Waals surface area (Å²) in [5.41, 5.74) is 1.63. The van der Waals surface area contributed by atoms with Crippen LogP contribution in [0.25, 0.3) is 0 Å². The Morgan fingerprint density at radius 1 is 1.47 bits per heavy atom. The molecule has 1 aromatic carbocycles. The lowest BCUT2D eigenvalue weighted by atomic mass is 10.2.